The van der Waals surface area contributed by atoms with Gasteiger partial charge in [0.2, 0.25) is 11.7 Å². The molecule has 4 aromatic rings. The Balaban J connectivity index is 1.49. The molecule has 0 bridgehead atoms. The van der Waals surface area contributed by atoms with Gasteiger partial charge in [-0.1, -0.05) is 36.0 Å². The third-order valence-corrected chi connectivity index (χ3v) is 5.66. The van der Waals surface area contributed by atoms with Crippen molar-refractivity contribution in [2.24, 2.45) is 0 Å². The monoisotopic (exact) mass is 451 g/mol. The number of thioether (sulfide) groups is 1. The lowest BCUT2D eigenvalue weighted by molar-refractivity contribution is -0.255. The number of benzene rings is 2. The van der Waals surface area contributed by atoms with E-state index in [2.05, 4.69) is 15.5 Å². The van der Waals surface area contributed by atoms with E-state index in [1.165, 1.54) is 30.0 Å². The van der Waals surface area contributed by atoms with Gasteiger partial charge in [0.15, 0.2) is 22.2 Å². The minimum atomic E-state index is -1.30. The number of anilines is 1. The van der Waals surface area contributed by atoms with Crippen molar-refractivity contribution in [3.8, 4) is 17.3 Å². The number of aromatic carboxylic acids is 1. The lowest BCUT2D eigenvalue weighted by Crippen LogP contribution is -2.22. The highest BCUT2D eigenvalue weighted by Crippen LogP contribution is 2.33. The average molecular weight is 451 g/mol. The predicted molar refractivity (Wildman–Crippen MR) is 118 cm³/mol. The molecule has 0 unspecified atom stereocenters. The number of carboxylic acid groups (broad SMARTS) is 1. The van der Waals surface area contributed by atoms with Gasteiger partial charge in [-0.2, -0.15) is 0 Å². The van der Waals surface area contributed by atoms with Crippen LogP contribution in [0.25, 0.3) is 22.6 Å². The molecule has 10 heteroatoms. The zero-order valence-corrected chi connectivity index (χ0v) is 18.1. The first-order valence-corrected chi connectivity index (χ1v) is 10.7. The third-order valence-electron chi connectivity index (χ3n) is 4.70. The van der Waals surface area contributed by atoms with E-state index in [1.54, 1.807) is 13.2 Å². The predicted octanol–water partition coefficient (Wildman–Crippen LogP) is 2.81. The first-order chi connectivity index (χ1) is 15.5. The van der Waals surface area contributed by atoms with Gasteiger partial charge in [-0.15, -0.1) is 10.2 Å². The second kappa shape index (κ2) is 9.15. The summed E-state index contributed by atoms with van der Waals surface area (Å²) in [7, 11) is 1.58. The van der Waals surface area contributed by atoms with E-state index in [1.807, 2.05) is 35.8 Å². The number of methoxy groups -OCH3 is 1. The summed E-state index contributed by atoms with van der Waals surface area (Å²) in [5.41, 5.74) is 1.00. The maximum Gasteiger partial charge on any atom is 0.234 e. The summed E-state index contributed by atoms with van der Waals surface area (Å²) in [5.74, 6) is 0.199. The van der Waals surface area contributed by atoms with Crippen LogP contribution < -0.4 is 15.2 Å². The molecule has 0 atom stereocenters. The fourth-order valence-corrected chi connectivity index (χ4v) is 4.02. The number of nitrogens with zero attached hydrogens (tertiary/aromatic N) is 3. The molecule has 32 heavy (non-hydrogen) atoms. The van der Waals surface area contributed by atoms with E-state index >= 15 is 0 Å². The second-order valence-electron chi connectivity index (χ2n) is 6.74. The van der Waals surface area contributed by atoms with Crippen LogP contribution in [-0.2, 0) is 11.3 Å². The van der Waals surface area contributed by atoms with Crippen LogP contribution in [0.3, 0.4) is 0 Å². The van der Waals surface area contributed by atoms with Gasteiger partial charge in [-0.05, 0) is 36.8 Å². The number of hydrogen-bond donors (Lipinski definition) is 1. The standard InChI is InChI=1S/C22H20N4O5S/c1-3-26-20(17-11-13-6-5-9-16(30-2)19(13)31-17)24-25-22(26)32-12-18(27)23-15-8-4-7-14(10-15)21(28)29/h4-11H,3,12H2,1-2H3,(H,23,27)(H,28,29)/p-1. The lowest BCUT2D eigenvalue weighted by Gasteiger charge is -2.08. The van der Waals surface area contributed by atoms with E-state index in [4.69, 9.17) is 9.15 Å². The Labute approximate surface area is 187 Å². The van der Waals surface area contributed by atoms with Gasteiger partial charge in [0, 0.05) is 17.6 Å². The third kappa shape index (κ3) is 4.30. The summed E-state index contributed by atoms with van der Waals surface area (Å²) in [5, 5.41) is 23.6. The van der Waals surface area contributed by atoms with Gasteiger partial charge in [-0.3, -0.25) is 9.36 Å². The van der Waals surface area contributed by atoms with Crippen molar-refractivity contribution in [2.75, 3.05) is 18.2 Å². The number of aromatic nitrogens is 3. The summed E-state index contributed by atoms with van der Waals surface area (Å²) in [6, 6.07) is 13.4. The molecule has 0 saturated carbocycles. The number of carboxylic acids is 1. The maximum absolute atomic E-state index is 12.3. The van der Waals surface area contributed by atoms with Crippen LogP contribution >= 0.6 is 11.8 Å². The average Bonchev–Trinajstić information content (AvgIpc) is 3.41. The first kappa shape index (κ1) is 21.4. The van der Waals surface area contributed by atoms with Gasteiger partial charge in [0.05, 0.1) is 18.8 Å². The van der Waals surface area contributed by atoms with Crippen LogP contribution in [0.5, 0.6) is 5.75 Å². The van der Waals surface area contributed by atoms with E-state index < -0.39 is 5.97 Å². The number of fused-ring (bicyclic) bond motifs is 1. The topological polar surface area (TPSA) is 122 Å². The number of carbonyl (C=O) groups excluding carboxylic acids is 2. The van der Waals surface area contributed by atoms with Crippen molar-refractivity contribution in [2.45, 2.75) is 18.6 Å². The van der Waals surface area contributed by atoms with Gasteiger partial charge >= 0.3 is 0 Å². The molecule has 2 heterocycles. The molecule has 1 N–H and O–H groups in total. The molecule has 0 spiro atoms. The van der Waals surface area contributed by atoms with Gasteiger partial charge in [0.1, 0.15) is 0 Å². The number of carbonyl (C=O) groups is 2. The quantitative estimate of drug-likeness (QED) is 0.406. The molecule has 164 valence electrons. The van der Waals surface area contributed by atoms with E-state index in [0.717, 1.165) is 5.39 Å². The summed E-state index contributed by atoms with van der Waals surface area (Å²) >= 11 is 1.22. The van der Waals surface area contributed by atoms with Gasteiger partial charge < -0.3 is 24.4 Å². The number of rotatable bonds is 8. The molecule has 0 fully saturated rings. The fourth-order valence-electron chi connectivity index (χ4n) is 3.22. The summed E-state index contributed by atoms with van der Waals surface area (Å²) in [6.45, 7) is 2.53. The van der Waals surface area contributed by atoms with Crippen LogP contribution in [0, 0.1) is 0 Å². The molecule has 0 aliphatic heterocycles. The number of furan rings is 1. The van der Waals surface area contributed by atoms with Crippen LogP contribution in [-0.4, -0.2) is 39.5 Å². The highest BCUT2D eigenvalue weighted by molar-refractivity contribution is 7.99. The molecule has 9 nitrogen and oxygen atoms in total. The molecule has 0 aliphatic rings. The van der Waals surface area contributed by atoms with Crippen LogP contribution in [0.2, 0.25) is 0 Å². The van der Waals surface area contributed by atoms with Gasteiger partial charge in [-0.25, -0.2) is 0 Å². The smallest absolute Gasteiger partial charge is 0.234 e. The first-order valence-electron chi connectivity index (χ1n) is 9.74. The van der Waals surface area contributed by atoms with Crippen molar-refractivity contribution in [3.63, 3.8) is 0 Å². The maximum atomic E-state index is 12.3. The Morgan fingerprint density at radius 2 is 2.00 bits per heavy atom. The van der Waals surface area contributed by atoms with Gasteiger partial charge in [0.25, 0.3) is 0 Å². The van der Waals surface area contributed by atoms with Crippen molar-refractivity contribution in [3.05, 3.63) is 54.1 Å². The number of hydrogen-bond acceptors (Lipinski definition) is 8. The molecular formula is C22H19N4O5S-. The lowest BCUT2D eigenvalue weighted by atomic mass is 10.2. The molecular weight excluding hydrogens is 432 g/mol. The molecule has 4 rings (SSSR count). The number of ether oxygens (including phenoxy) is 1. The summed E-state index contributed by atoms with van der Waals surface area (Å²) in [4.78, 5) is 23.3. The summed E-state index contributed by atoms with van der Waals surface area (Å²) in [6.07, 6.45) is 0. The number of nitrogens with one attached hydrogen (secondary N) is 1. The van der Waals surface area contributed by atoms with Crippen LogP contribution in [0.4, 0.5) is 5.69 Å². The van der Waals surface area contributed by atoms with Crippen molar-refractivity contribution in [1.82, 2.24) is 14.8 Å². The minimum absolute atomic E-state index is 0.00622. The van der Waals surface area contributed by atoms with Crippen molar-refractivity contribution < 1.29 is 23.8 Å². The van der Waals surface area contributed by atoms with E-state index in [-0.39, 0.29) is 17.2 Å². The second-order valence-corrected chi connectivity index (χ2v) is 7.69. The SMILES string of the molecule is CCn1c(SCC(=O)Nc2cccc(C(=O)[O-])c2)nnc1-c1cc2cccc(OC)c2o1. The van der Waals surface area contributed by atoms with E-state index in [9.17, 15) is 14.7 Å². The molecule has 2 aromatic carbocycles. The molecule has 0 saturated heterocycles. The van der Waals surface area contributed by atoms with Crippen LogP contribution in [0.1, 0.15) is 17.3 Å². The zero-order chi connectivity index (χ0) is 22.7. The highest BCUT2D eigenvalue weighted by atomic mass is 32.2. The Morgan fingerprint density at radius 1 is 1.19 bits per heavy atom. The Bertz CT molecular complexity index is 1300. The zero-order valence-electron chi connectivity index (χ0n) is 17.3. The van der Waals surface area contributed by atoms with E-state index in [0.29, 0.717) is 40.3 Å². The van der Waals surface area contributed by atoms with Crippen molar-refractivity contribution in [1.29, 1.82) is 0 Å². The largest absolute Gasteiger partial charge is 0.545 e. The number of para-hydroxylation sites is 1. The van der Waals surface area contributed by atoms with Crippen LogP contribution in [0.15, 0.2) is 58.1 Å². The Morgan fingerprint density at radius 3 is 2.75 bits per heavy atom. The van der Waals surface area contributed by atoms with Crippen molar-refractivity contribution >= 4 is 40.3 Å². The Kier molecular flexibility index (Phi) is 6.13. The highest BCUT2D eigenvalue weighted by Gasteiger charge is 2.19. The molecule has 2 aromatic heterocycles. The molecule has 1 amide bonds. The molecule has 0 aliphatic carbocycles. The minimum Gasteiger partial charge on any atom is -0.545 e. The molecule has 0 radical (unpaired) electrons. The number of amides is 1. The normalized spacial score (nSPS) is 10.9. The fraction of sp³-hybridized carbons (Fsp3) is 0.182. The summed E-state index contributed by atoms with van der Waals surface area (Å²) < 4.78 is 13.2. The Hall–Kier alpha value is -3.79.